The first kappa shape index (κ1) is 9.90. The predicted molar refractivity (Wildman–Crippen MR) is 51.3 cm³/mol. The molecule has 0 spiro atoms. The molecule has 0 bridgehead atoms. The van der Waals surface area contributed by atoms with E-state index in [4.69, 9.17) is 4.74 Å². The molecule has 70 valence electrons. The van der Waals surface area contributed by atoms with Gasteiger partial charge in [-0.2, -0.15) is 11.8 Å². The highest BCUT2D eigenvalue weighted by molar-refractivity contribution is 8.00. The number of ether oxygens (including phenoxy) is 1. The van der Waals surface area contributed by atoms with Crippen LogP contribution in [0.15, 0.2) is 0 Å². The van der Waals surface area contributed by atoms with Gasteiger partial charge >= 0.3 is 5.97 Å². The molecule has 0 saturated carbocycles. The third kappa shape index (κ3) is 2.70. The summed E-state index contributed by atoms with van der Waals surface area (Å²) in [5.41, 5.74) is 0. The van der Waals surface area contributed by atoms with Gasteiger partial charge < -0.3 is 4.74 Å². The fraction of sp³-hybridized carbons (Fsp3) is 0.889. The normalized spacial score (nSPS) is 28.8. The van der Waals surface area contributed by atoms with Crippen molar-refractivity contribution in [3.05, 3.63) is 0 Å². The second-order valence-electron chi connectivity index (χ2n) is 3.38. The Bertz CT molecular complexity index is 162. The molecule has 0 N–H and O–H groups in total. The first-order chi connectivity index (χ1) is 5.66. The van der Waals surface area contributed by atoms with Crippen LogP contribution in [-0.4, -0.2) is 23.1 Å². The van der Waals surface area contributed by atoms with Gasteiger partial charge in [-0.3, -0.25) is 4.79 Å². The molecule has 1 rings (SSSR count). The Hall–Kier alpha value is -0.180. The largest absolute Gasteiger partial charge is 0.466 e. The van der Waals surface area contributed by atoms with Crippen LogP contribution in [0.2, 0.25) is 0 Å². The van der Waals surface area contributed by atoms with Gasteiger partial charge in [0, 0.05) is 4.75 Å². The highest BCUT2D eigenvalue weighted by Crippen LogP contribution is 2.40. The highest BCUT2D eigenvalue weighted by Gasteiger charge is 2.32. The van der Waals surface area contributed by atoms with Gasteiger partial charge in [0.2, 0.25) is 0 Å². The number of rotatable bonds is 3. The summed E-state index contributed by atoms with van der Waals surface area (Å²) in [5.74, 6) is 1.14. The van der Waals surface area contributed by atoms with E-state index in [-0.39, 0.29) is 10.7 Å². The fourth-order valence-corrected chi connectivity index (χ4v) is 2.78. The van der Waals surface area contributed by atoms with Gasteiger partial charge in [0.25, 0.3) is 0 Å². The quantitative estimate of drug-likeness (QED) is 0.635. The third-order valence-corrected chi connectivity index (χ3v) is 3.66. The Morgan fingerprint density at radius 2 is 2.42 bits per heavy atom. The standard InChI is InChI=1S/C9H16O2S/c1-3-11-8(10)7-9(2)5-4-6-12-9/h3-7H2,1-2H3. The van der Waals surface area contributed by atoms with Gasteiger partial charge in [0.05, 0.1) is 13.0 Å². The Balaban J connectivity index is 2.33. The van der Waals surface area contributed by atoms with Crippen LogP contribution in [0.3, 0.4) is 0 Å². The van der Waals surface area contributed by atoms with Gasteiger partial charge in [-0.25, -0.2) is 0 Å². The Kier molecular flexibility index (Phi) is 3.44. The van der Waals surface area contributed by atoms with Gasteiger partial charge in [-0.05, 0) is 32.4 Å². The molecule has 0 aliphatic carbocycles. The maximum absolute atomic E-state index is 11.2. The molecule has 1 aliphatic heterocycles. The second kappa shape index (κ2) is 4.17. The molecule has 0 aromatic rings. The van der Waals surface area contributed by atoms with E-state index < -0.39 is 0 Å². The minimum Gasteiger partial charge on any atom is -0.466 e. The van der Waals surface area contributed by atoms with E-state index in [1.54, 1.807) is 0 Å². The average Bonchev–Trinajstić information content (AvgIpc) is 2.36. The molecule has 1 saturated heterocycles. The average molecular weight is 188 g/mol. The summed E-state index contributed by atoms with van der Waals surface area (Å²) in [6.07, 6.45) is 2.96. The van der Waals surface area contributed by atoms with Crippen molar-refractivity contribution in [2.24, 2.45) is 0 Å². The summed E-state index contributed by atoms with van der Waals surface area (Å²) >= 11 is 1.90. The van der Waals surface area contributed by atoms with E-state index in [1.165, 1.54) is 12.2 Å². The summed E-state index contributed by atoms with van der Waals surface area (Å²) in [7, 11) is 0. The minimum absolute atomic E-state index is 0.0469. The smallest absolute Gasteiger partial charge is 0.307 e. The molecule has 0 amide bonds. The van der Waals surface area contributed by atoms with Gasteiger partial charge in [0.15, 0.2) is 0 Å². The zero-order chi connectivity index (χ0) is 9.03. The number of carbonyl (C=O) groups excluding carboxylic acids is 1. The first-order valence-electron chi connectivity index (χ1n) is 4.46. The number of hydrogen-bond donors (Lipinski definition) is 0. The molecule has 3 heteroatoms. The van der Waals surface area contributed by atoms with E-state index in [0.717, 1.165) is 6.42 Å². The summed E-state index contributed by atoms with van der Waals surface area (Å²) in [5, 5.41) is 0. The summed E-state index contributed by atoms with van der Waals surface area (Å²) in [4.78, 5) is 11.2. The molecule has 1 fully saturated rings. The van der Waals surface area contributed by atoms with Crippen LogP contribution >= 0.6 is 11.8 Å². The maximum Gasteiger partial charge on any atom is 0.307 e. The van der Waals surface area contributed by atoms with Gasteiger partial charge in [0.1, 0.15) is 0 Å². The summed E-state index contributed by atoms with van der Waals surface area (Å²) in [6, 6.07) is 0. The van der Waals surface area contributed by atoms with Crippen molar-refractivity contribution in [2.75, 3.05) is 12.4 Å². The Labute approximate surface area is 78.1 Å². The molecule has 12 heavy (non-hydrogen) atoms. The molecule has 1 unspecified atom stereocenters. The van der Waals surface area contributed by atoms with Crippen molar-refractivity contribution in [2.45, 2.75) is 37.9 Å². The molecule has 1 aliphatic rings. The second-order valence-corrected chi connectivity index (χ2v) is 5.07. The molecule has 0 aromatic heterocycles. The third-order valence-electron chi connectivity index (χ3n) is 2.12. The predicted octanol–water partition coefficient (Wildman–Crippen LogP) is 2.23. The number of hydrogen-bond acceptors (Lipinski definition) is 3. The van der Waals surface area contributed by atoms with E-state index in [0.29, 0.717) is 13.0 Å². The van der Waals surface area contributed by atoms with Crippen LogP contribution in [0.5, 0.6) is 0 Å². The molecular weight excluding hydrogens is 172 g/mol. The monoisotopic (exact) mass is 188 g/mol. The van der Waals surface area contributed by atoms with Crippen molar-refractivity contribution in [1.29, 1.82) is 0 Å². The van der Waals surface area contributed by atoms with Gasteiger partial charge in [-0.1, -0.05) is 0 Å². The number of thioether (sulfide) groups is 1. The van der Waals surface area contributed by atoms with Crippen molar-refractivity contribution < 1.29 is 9.53 Å². The maximum atomic E-state index is 11.2. The lowest BCUT2D eigenvalue weighted by Crippen LogP contribution is -2.22. The molecule has 1 atom stereocenters. The van der Waals surface area contributed by atoms with Crippen molar-refractivity contribution in [1.82, 2.24) is 0 Å². The van der Waals surface area contributed by atoms with Gasteiger partial charge in [-0.15, -0.1) is 0 Å². The fourth-order valence-electron chi connectivity index (χ4n) is 1.49. The van der Waals surface area contributed by atoms with Crippen LogP contribution in [0.25, 0.3) is 0 Å². The van der Waals surface area contributed by atoms with E-state index >= 15 is 0 Å². The topological polar surface area (TPSA) is 26.3 Å². The van der Waals surface area contributed by atoms with Crippen LogP contribution in [0, 0.1) is 0 Å². The Morgan fingerprint density at radius 1 is 1.67 bits per heavy atom. The van der Waals surface area contributed by atoms with E-state index in [1.807, 2.05) is 18.7 Å². The molecule has 0 aromatic carbocycles. The van der Waals surface area contributed by atoms with E-state index in [9.17, 15) is 4.79 Å². The van der Waals surface area contributed by atoms with Crippen molar-refractivity contribution in [3.8, 4) is 0 Å². The molecular formula is C9H16O2S. The first-order valence-corrected chi connectivity index (χ1v) is 5.44. The Morgan fingerprint density at radius 3 is 2.92 bits per heavy atom. The number of carbonyl (C=O) groups is 1. The van der Waals surface area contributed by atoms with E-state index in [2.05, 4.69) is 6.92 Å². The van der Waals surface area contributed by atoms with Crippen molar-refractivity contribution >= 4 is 17.7 Å². The lowest BCUT2D eigenvalue weighted by Gasteiger charge is -2.20. The van der Waals surface area contributed by atoms with Crippen LogP contribution in [-0.2, 0) is 9.53 Å². The lowest BCUT2D eigenvalue weighted by molar-refractivity contribution is -0.143. The molecule has 1 heterocycles. The van der Waals surface area contributed by atoms with Crippen LogP contribution in [0.1, 0.15) is 33.1 Å². The minimum atomic E-state index is -0.0469. The zero-order valence-electron chi connectivity index (χ0n) is 7.76. The number of esters is 1. The summed E-state index contributed by atoms with van der Waals surface area (Å²) < 4.78 is 5.08. The SMILES string of the molecule is CCOC(=O)CC1(C)CCCS1. The molecule has 0 radical (unpaired) electrons. The zero-order valence-corrected chi connectivity index (χ0v) is 8.58. The molecule has 2 nitrogen and oxygen atoms in total. The van der Waals surface area contributed by atoms with Crippen LogP contribution < -0.4 is 0 Å². The highest BCUT2D eigenvalue weighted by atomic mass is 32.2. The van der Waals surface area contributed by atoms with Crippen molar-refractivity contribution in [3.63, 3.8) is 0 Å². The van der Waals surface area contributed by atoms with Crippen LogP contribution in [0.4, 0.5) is 0 Å². The summed E-state index contributed by atoms with van der Waals surface area (Å²) in [6.45, 7) is 4.50. The lowest BCUT2D eigenvalue weighted by atomic mass is 10.0.